The number of primary sulfonamides is 1. The number of nitrogens with one attached hydrogen (secondary N) is 1. The molecule has 0 saturated carbocycles. The predicted molar refractivity (Wildman–Crippen MR) is 131 cm³/mol. The third-order valence-electron chi connectivity index (χ3n) is 5.48. The second-order valence-electron chi connectivity index (χ2n) is 7.84. The largest absolute Gasteiger partial charge is 0.383 e. The molecule has 0 aliphatic heterocycles. The number of hydrogen-bond acceptors (Lipinski definition) is 6. The normalized spacial score (nSPS) is 11.7. The zero-order valence-electron chi connectivity index (χ0n) is 18.1. The fraction of sp³-hybridized carbons (Fsp3) is 0.0417. The Morgan fingerprint density at radius 2 is 1.62 bits per heavy atom. The van der Waals surface area contributed by atoms with Crippen LogP contribution >= 0.6 is 0 Å². The number of fused-ring (bicyclic) bond motifs is 3. The Morgan fingerprint density at radius 1 is 0.941 bits per heavy atom. The summed E-state index contributed by atoms with van der Waals surface area (Å²) in [6.07, 6.45) is 0. The third kappa shape index (κ3) is 3.74. The maximum absolute atomic E-state index is 12.9. The number of benzene rings is 3. The van der Waals surface area contributed by atoms with Crippen LogP contribution in [-0.4, -0.2) is 28.9 Å². The van der Waals surface area contributed by atoms with Gasteiger partial charge in [0.1, 0.15) is 5.82 Å². The molecule has 0 aliphatic rings. The third-order valence-corrected chi connectivity index (χ3v) is 6.41. The molecular formula is C24H20N6O3S. The van der Waals surface area contributed by atoms with E-state index in [1.165, 1.54) is 12.1 Å². The summed E-state index contributed by atoms with van der Waals surface area (Å²) in [6.45, 7) is 1.96. The van der Waals surface area contributed by atoms with Gasteiger partial charge in [-0.1, -0.05) is 35.9 Å². The number of anilines is 2. The van der Waals surface area contributed by atoms with Crippen LogP contribution in [0.2, 0.25) is 0 Å². The van der Waals surface area contributed by atoms with Crippen molar-refractivity contribution in [2.24, 2.45) is 5.14 Å². The topological polar surface area (TPSA) is 146 Å². The second-order valence-corrected chi connectivity index (χ2v) is 9.40. The van der Waals surface area contributed by atoms with Crippen molar-refractivity contribution in [3.63, 3.8) is 0 Å². The number of amides is 1. The Balaban J connectivity index is 1.69. The fourth-order valence-corrected chi connectivity index (χ4v) is 4.37. The van der Waals surface area contributed by atoms with Gasteiger partial charge in [0.05, 0.1) is 15.8 Å². The number of aryl methyl sites for hydroxylation is 1. The number of carbonyl (C=O) groups is 1. The van der Waals surface area contributed by atoms with Gasteiger partial charge in [0.15, 0.2) is 5.65 Å². The summed E-state index contributed by atoms with van der Waals surface area (Å²) in [4.78, 5) is 21.7. The molecule has 0 fully saturated rings. The van der Waals surface area contributed by atoms with Crippen LogP contribution in [0.25, 0.3) is 27.6 Å². The van der Waals surface area contributed by atoms with Gasteiger partial charge in [-0.2, -0.15) is 0 Å². The number of rotatable bonds is 4. The average molecular weight is 473 g/mol. The molecule has 170 valence electrons. The summed E-state index contributed by atoms with van der Waals surface area (Å²) in [5, 5.41) is 9.42. The number of aromatic nitrogens is 3. The van der Waals surface area contributed by atoms with Crippen LogP contribution in [0.5, 0.6) is 0 Å². The van der Waals surface area contributed by atoms with E-state index >= 15 is 0 Å². The summed E-state index contributed by atoms with van der Waals surface area (Å²) in [6, 6.07) is 20.9. The standard InChI is InChI=1S/C24H20N6O3S/c1-14-6-8-15(9-7-14)27-24(31)22-28-21(25)20-18-4-2-3-5-19(18)30(23(20)29-22)16-10-12-17(13-11-16)34(26,32)33/h2-13H,1H3,(H,27,31)(H2,25,28,29)(H2,26,32,33). The van der Waals surface area contributed by atoms with Gasteiger partial charge in [-0.3, -0.25) is 9.36 Å². The Kier molecular flexibility index (Phi) is 5.03. The lowest BCUT2D eigenvalue weighted by Crippen LogP contribution is -2.17. The van der Waals surface area contributed by atoms with Crippen LogP contribution in [0.1, 0.15) is 16.2 Å². The molecule has 0 bridgehead atoms. The van der Waals surface area contributed by atoms with Crippen molar-refractivity contribution >= 4 is 49.4 Å². The summed E-state index contributed by atoms with van der Waals surface area (Å²) >= 11 is 0. The number of hydrogen-bond donors (Lipinski definition) is 3. The molecule has 5 aromatic rings. The van der Waals surface area contributed by atoms with Crippen molar-refractivity contribution in [3.05, 3.63) is 84.2 Å². The van der Waals surface area contributed by atoms with Crippen LogP contribution in [0.3, 0.4) is 0 Å². The first-order valence-electron chi connectivity index (χ1n) is 10.3. The maximum Gasteiger partial charge on any atom is 0.293 e. The molecular weight excluding hydrogens is 452 g/mol. The molecule has 10 heteroatoms. The van der Waals surface area contributed by atoms with E-state index in [1.54, 1.807) is 28.8 Å². The highest BCUT2D eigenvalue weighted by Crippen LogP contribution is 2.34. The van der Waals surface area contributed by atoms with E-state index in [2.05, 4.69) is 15.3 Å². The summed E-state index contributed by atoms with van der Waals surface area (Å²) in [5.74, 6) is -0.426. The van der Waals surface area contributed by atoms with Crippen molar-refractivity contribution < 1.29 is 13.2 Å². The van der Waals surface area contributed by atoms with E-state index in [0.29, 0.717) is 22.4 Å². The van der Waals surface area contributed by atoms with E-state index < -0.39 is 15.9 Å². The first-order chi connectivity index (χ1) is 16.2. The minimum absolute atomic E-state index is 0.00989. The van der Waals surface area contributed by atoms with Crippen LogP contribution in [0.15, 0.2) is 77.7 Å². The van der Waals surface area contributed by atoms with Crippen molar-refractivity contribution in [1.82, 2.24) is 14.5 Å². The molecule has 0 spiro atoms. The average Bonchev–Trinajstić information content (AvgIpc) is 3.15. The Morgan fingerprint density at radius 3 is 2.29 bits per heavy atom. The van der Waals surface area contributed by atoms with E-state index in [0.717, 1.165) is 16.5 Å². The van der Waals surface area contributed by atoms with Gasteiger partial charge in [-0.05, 0) is 49.4 Å². The molecule has 34 heavy (non-hydrogen) atoms. The number of para-hydroxylation sites is 1. The monoisotopic (exact) mass is 472 g/mol. The van der Waals surface area contributed by atoms with Gasteiger partial charge in [0, 0.05) is 16.8 Å². The predicted octanol–water partition coefficient (Wildman–Crippen LogP) is 3.36. The molecule has 0 radical (unpaired) electrons. The maximum atomic E-state index is 12.9. The number of nitrogens with zero attached hydrogens (tertiary/aromatic N) is 3. The van der Waals surface area contributed by atoms with E-state index in [1.807, 2.05) is 43.3 Å². The molecule has 9 nitrogen and oxygen atoms in total. The quantitative estimate of drug-likeness (QED) is 0.365. The molecule has 1 amide bonds. The smallest absolute Gasteiger partial charge is 0.293 e. The number of carbonyl (C=O) groups excluding carboxylic acids is 1. The van der Waals surface area contributed by atoms with Gasteiger partial charge in [0.25, 0.3) is 5.91 Å². The van der Waals surface area contributed by atoms with Crippen LogP contribution in [0, 0.1) is 6.92 Å². The molecule has 2 aromatic heterocycles. The van der Waals surface area contributed by atoms with Crippen molar-refractivity contribution in [1.29, 1.82) is 0 Å². The van der Waals surface area contributed by atoms with Crippen molar-refractivity contribution in [3.8, 4) is 5.69 Å². The van der Waals surface area contributed by atoms with Crippen molar-refractivity contribution in [2.45, 2.75) is 11.8 Å². The lowest BCUT2D eigenvalue weighted by Gasteiger charge is -2.09. The molecule has 5 rings (SSSR count). The molecule has 3 aromatic carbocycles. The Bertz CT molecular complexity index is 1670. The van der Waals surface area contributed by atoms with Crippen LogP contribution < -0.4 is 16.2 Å². The Labute approximate surface area is 195 Å². The van der Waals surface area contributed by atoms with Crippen LogP contribution in [0.4, 0.5) is 11.5 Å². The molecule has 0 aliphatic carbocycles. The minimum atomic E-state index is -3.84. The zero-order chi connectivity index (χ0) is 24.0. The fourth-order valence-electron chi connectivity index (χ4n) is 3.85. The highest BCUT2D eigenvalue weighted by molar-refractivity contribution is 7.89. The Hall–Kier alpha value is -4.28. The van der Waals surface area contributed by atoms with Gasteiger partial charge >= 0.3 is 0 Å². The van der Waals surface area contributed by atoms with Gasteiger partial charge < -0.3 is 11.1 Å². The van der Waals surface area contributed by atoms with E-state index in [-0.39, 0.29) is 16.5 Å². The van der Waals surface area contributed by atoms with Crippen molar-refractivity contribution in [2.75, 3.05) is 11.1 Å². The highest BCUT2D eigenvalue weighted by atomic mass is 32.2. The summed E-state index contributed by atoms with van der Waals surface area (Å²) in [5.41, 5.74) is 9.81. The first-order valence-corrected chi connectivity index (χ1v) is 11.8. The summed E-state index contributed by atoms with van der Waals surface area (Å²) in [7, 11) is -3.84. The van der Waals surface area contributed by atoms with Gasteiger partial charge in [-0.15, -0.1) is 0 Å². The number of sulfonamides is 1. The second kappa shape index (κ2) is 7.94. The molecule has 0 unspecified atom stereocenters. The van der Waals surface area contributed by atoms with E-state index in [4.69, 9.17) is 10.9 Å². The number of nitrogen functional groups attached to an aromatic ring is 1. The minimum Gasteiger partial charge on any atom is -0.383 e. The van der Waals surface area contributed by atoms with E-state index in [9.17, 15) is 13.2 Å². The lowest BCUT2D eigenvalue weighted by molar-refractivity contribution is 0.101. The first kappa shape index (κ1) is 21.6. The molecule has 0 atom stereocenters. The lowest BCUT2D eigenvalue weighted by atomic mass is 10.2. The molecule has 5 N–H and O–H groups in total. The molecule has 2 heterocycles. The van der Waals surface area contributed by atoms with Gasteiger partial charge in [0.2, 0.25) is 15.8 Å². The zero-order valence-corrected chi connectivity index (χ0v) is 18.9. The summed E-state index contributed by atoms with van der Waals surface area (Å²) < 4.78 is 25.2. The number of nitrogens with two attached hydrogens (primary N) is 2. The highest BCUT2D eigenvalue weighted by Gasteiger charge is 2.21. The van der Waals surface area contributed by atoms with Gasteiger partial charge in [-0.25, -0.2) is 23.5 Å². The van der Waals surface area contributed by atoms with Crippen LogP contribution in [-0.2, 0) is 10.0 Å². The SMILES string of the molecule is Cc1ccc(NC(=O)c2nc(N)c3c4ccccc4n(-c4ccc(S(N)(=O)=O)cc4)c3n2)cc1. The molecule has 0 saturated heterocycles.